The summed E-state index contributed by atoms with van der Waals surface area (Å²) in [6.45, 7) is 7.63. The molecule has 28 heavy (non-hydrogen) atoms. The first-order valence-electron chi connectivity index (χ1n) is 10.7. The van der Waals surface area contributed by atoms with Crippen LogP contribution in [0.3, 0.4) is 0 Å². The topological polar surface area (TPSA) is 44.0 Å². The third kappa shape index (κ3) is 4.76. The van der Waals surface area contributed by atoms with Gasteiger partial charge < -0.3 is 14.6 Å². The molecule has 1 N–H and O–H groups in total. The van der Waals surface area contributed by atoms with Gasteiger partial charge in [0.15, 0.2) is 5.96 Å². The van der Waals surface area contributed by atoms with Gasteiger partial charge in [0.1, 0.15) is 5.76 Å². The molecule has 0 amide bonds. The van der Waals surface area contributed by atoms with Crippen LogP contribution in [0.5, 0.6) is 0 Å². The molecule has 1 aromatic heterocycles. The lowest BCUT2D eigenvalue weighted by Gasteiger charge is -2.27. The van der Waals surface area contributed by atoms with Gasteiger partial charge in [-0.1, -0.05) is 30.3 Å². The van der Waals surface area contributed by atoms with E-state index in [-0.39, 0.29) is 6.04 Å². The van der Waals surface area contributed by atoms with Crippen LogP contribution in [0, 0.1) is 0 Å². The van der Waals surface area contributed by atoms with Crippen LogP contribution in [0.15, 0.2) is 58.1 Å². The standard InChI is InChI=1S/C23H32N4O/c1-19(20-8-3-2-4-9-20)25-23(24-13-11-22-10-7-17-28-22)27-16-12-21(18-27)26-14-5-6-15-26/h2-4,7-10,17,19,21H,5-6,11-16,18H2,1H3,(H,24,25). The monoisotopic (exact) mass is 380 g/mol. The number of hydrogen-bond acceptors (Lipinski definition) is 3. The molecule has 3 heterocycles. The van der Waals surface area contributed by atoms with Gasteiger partial charge in [0.25, 0.3) is 0 Å². The predicted octanol–water partition coefficient (Wildman–Crippen LogP) is 3.70. The van der Waals surface area contributed by atoms with E-state index in [1.807, 2.05) is 12.1 Å². The van der Waals surface area contributed by atoms with Gasteiger partial charge in [-0.2, -0.15) is 0 Å². The Morgan fingerprint density at radius 2 is 1.96 bits per heavy atom. The average Bonchev–Trinajstić information content (AvgIpc) is 3.49. The second-order valence-corrected chi connectivity index (χ2v) is 7.94. The number of nitrogens with zero attached hydrogens (tertiary/aromatic N) is 3. The molecule has 5 nitrogen and oxygen atoms in total. The van der Waals surface area contributed by atoms with E-state index in [9.17, 15) is 0 Å². The largest absolute Gasteiger partial charge is 0.469 e. The second-order valence-electron chi connectivity index (χ2n) is 7.94. The molecule has 150 valence electrons. The summed E-state index contributed by atoms with van der Waals surface area (Å²) in [7, 11) is 0. The lowest BCUT2D eigenvalue weighted by molar-refractivity contribution is 0.249. The molecule has 5 heteroatoms. The van der Waals surface area contributed by atoms with Crippen LogP contribution in [0.4, 0.5) is 0 Å². The molecule has 2 aromatic rings. The first kappa shape index (κ1) is 19.1. The zero-order chi connectivity index (χ0) is 19.2. The van der Waals surface area contributed by atoms with Crippen molar-refractivity contribution in [3.63, 3.8) is 0 Å². The van der Waals surface area contributed by atoms with E-state index in [4.69, 9.17) is 9.41 Å². The Morgan fingerprint density at radius 3 is 2.71 bits per heavy atom. The Hall–Kier alpha value is -2.27. The van der Waals surface area contributed by atoms with Gasteiger partial charge in [-0.25, -0.2) is 0 Å². The summed E-state index contributed by atoms with van der Waals surface area (Å²) in [5, 5.41) is 3.69. The van der Waals surface area contributed by atoms with Crippen molar-refractivity contribution in [1.29, 1.82) is 0 Å². The van der Waals surface area contributed by atoms with E-state index in [0.717, 1.165) is 37.8 Å². The number of guanidine groups is 1. The van der Waals surface area contributed by atoms with Crippen LogP contribution in [0.2, 0.25) is 0 Å². The summed E-state index contributed by atoms with van der Waals surface area (Å²) in [5.41, 5.74) is 1.29. The summed E-state index contributed by atoms with van der Waals surface area (Å²) in [6.07, 6.45) is 6.50. The fraction of sp³-hybridized carbons (Fsp3) is 0.522. The SMILES string of the molecule is CC(NC(=NCCc1ccco1)N1CCC(N2CCCC2)C1)c1ccccc1. The highest BCUT2D eigenvalue weighted by atomic mass is 16.3. The Morgan fingerprint density at radius 1 is 1.14 bits per heavy atom. The molecule has 2 aliphatic rings. The number of aliphatic imine (C=N–C) groups is 1. The molecule has 4 rings (SSSR count). The maximum Gasteiger partial charge on any atom is 0.194 e. The zero-order valence-electron chi connectivity index (χ0n) is 16.9. The average molecular weight is 381 g/mol. The van der Waals surface area contributed by atoms with E-state index < -0.39 is 0 Å². The number of hydrogen-bond donors (Lipinski definition) is 1. The maximum absolute atomic E-state index is 5.47. The summed E-state index contributed by atoms with van der Waals surface area (Å²) in [6, 6.07) is 15.5. The fourth-order valence-corrected chi connectivity index (χ4v) is 4.32. The summed E-state index contributed by atoms with van der Waals surface area (Å²) >= 11 is 0. The zero-order valence-corrected chi connectivity index (χ0v) is 16.9. The predicted molar refractivity (Wildman–Crippen MR) is 113 cm³/mol. The maximum atomic E-state index is 5.47. The third-order valence-corrected chi connectivity index (χ3v) is 5.97. The van der Waals surface area contributed by atoms with E-state index in [0.29, 0.717) is 6.04 Å². The molecular weight excluding hydrogens is 348 g/mol. The lowest BCUT2D eigenvalue weighted by atomic mass is 10.1. The van der Waals surface area contributed by atoms with Crippen molar-refractivity contribution in [2.75, 3.05) is 32.7 Å². The van der Waals surface area contributed by atoms with Crippen LogP contribution in [-0.4, -0.2) is 54.5 Å². The Balaban J connectivity index is 1.43. The fourth-order valence-electron chi connectivity index (χ4n) is 4.32. The molecule has 0 bridgehead atoms. The van der Waals surface area contributed by atoms with Gasteiger partial charge in [0.2, 0.25) is 0 Å². The number of furan rings is 1. The molecule has 2 saturated heterocycles. The number of benzene rings is 1. The molecule has 2 atom stereocenters. The van der Waals surface area contributed by atoms with Crippen LogP contribution in [-0.2, 0) is 6.42 Å². The third-order valence-electron chi connectivity index (χ3n) is 5.97. The molecule has 2 unspecified atom stereocenters. The highest BCUT2D eigenvalue weighted by Gasteiger charge is 2.31. The van der Waals surface area contributed by atoms with Gasteiger partial charge >= 0.3 is 0 Å². The summed E-state index contributed by atoms with van der Waals surface area (Å²) in [5.74, 6) is 2.03. The lowest BCUT2D eigenvalue weighted by Crippen LogP contribution is -2.43. The first-order chi connectivity index (χ1) is 13.8. The van der Waals surface area contributed by atoms with E-state index in [1.54, 1.807) is 6.26 Å². The smallest absolute Gasteiger partial charge is 0.194 e. The molecule has 0 radical (unpaired) electrons. The van der Waals surface area contributed by atoms with Crippen molar-refractivity contribution in [1.82, 2.24) is 15.1 Å². The van der Waals surface area contributed by atoms with Crippen molar-refractivity contribution in [3.05, 3.63) is 60.1 Å². The van der Waals surface area contributed by atoms with Crippen LogP contribution in [0.25, 0.3) is 0 Å². The Kier molecular flexibility index (Phi) is 6.32. The van der Waals surface area contributed by atoms with Gasteiger partial charge in [-0.3, -0.25) is 9.89 Å². The van der Waals surface area contributed by atoms with Gasteiger partial charge in [0, 0.05) is 32.1 Å². The molecule has 0 spiro atoms. The van der Waals surface area contributed by atoms with E-state index in [2.05, 4.69) is 52.4 Å². The van der Waals surface area contributed by atoms with Crippen molar-refractivity contribution in [3.8, 4) is 0 Å². The molecule has 0 aliphatic carbocycles. The van der Waals surface area contributed by atoms with E-state index in [1.165, 1.54) is 37.9 Å². The molecule has 2 fully saturated rings. The Bertz CT molecular complexity index is 737. The number of nitrogens with one attached hydrogen (secondary N) is 1. The molecule has 1 aromatic carbocycles. The normalized spacial score (nSPS) is 22.0. The number of likely N-dealkylation sites (tertiary alicyclic amines) is 2. The summed E-state index contributed by atoms with van der Waals surface area (Å²) in [4.78, 5) is 10.1. The minimum Gasteiger partial charge on any atom is -0.469 e. The molecule has 2 aliphatic heterocycles. The Labute approximate surface area is 168 Å². The highest BCUT2D eigenvalue weighted by Crippen LogP contribution is 2.21. The minimum absolute atomic E-state index is 0.231. The van der Waals surface area contributed by atoms with Gasteiger partial charge in [-0.15, -0.1) is 0 Å². The second kappa shape index (κ2) is 9.28. The van der Waals surface area contributed by atoms with Crippen molar-refractivity contribution in [2.45, 2.75) is 44.7 Å². The quantitative estimate of drug-likeness (QED) is 0.613. The van der Waals surface area contributed by atoms with Crippen LogP contribution >= 0.6 is 0 Å². The van der Waals surface area contributed by atoms with Crippen molar-refractivity contribution < 1.29 is 4.42 Å². The number of rotatable bonds is 6. The minimum atomic E-state index is 0.231. The van der Waals surface area contributed by atoms with Crippen molar-refractivity contribution >= 4 is 5.96 Å². The van der Waals surface area contributed by atoms with Crippen LogP contribution < -0.4 is 5.32 Å². The summed E-state index contributed by atoms with van der Waals surface area (Å²) < 4.78 is 5.47. The first-order valence-corrected chi connectivity index (χ1v) is 10.7. The van der Waals surface area contributed by atoms with Gasteiger partial charge in [-0.05, 0) is 57.0 Å². The molecular formula is C23H32N4O. The molecule has 0 saturated carbocycles. The highest BCUT2D eigenvalue weighted by molar-refractivity contribution is 5.80. The van der Waals surface area contributed by atoms with Crippen molar-refractivity contribution in [2.24, 2.45) is 4.99 Å². The van der Waals surface area contributed by atoms with Crippen LogP contribution in [0.1, 0.15) is 43.6 Å². The van der Waals surface area contributed by atoms with Gasteiger partial charge in [0.05, 0.1) is 12.3 Å². The van der Waals surface area contributed by atoms with E-state index >= 15 is 0 Å².